The first-order chi connectivity index (χ1) is 10.8. The third-order valence-electron chi connectivity index (χ3n) is 3.89. The second-order valence-corrected chi connectivity index (χ2v) is 6.19. The Bertz CT molecular complexity index is 924. The summed E-state index contributed by atoms with van der Waals surface area (Å²) >= 11 is 3.60. The van der Waals surface area contributed by atoms with E-state index in [9.17, 15) is 0 Å². The van der Waals surface area contributed by atoms with E-state index < -0.39 is 0 Å². The minimum Gasteiger partial charge on any atom is -0.316 e. The Kier molecular flexibility index (Phi) is 3.32. The Morgan fingerprint density at radius 3 is 2.14 bits per heavy atom. The third-order valence-corrected chi connectivity index (χ3v) is 4.38. The van der Waals surface area contributed by atoms with Crippen molar-refractivity contribution in [1.29, 1.82) is 0 Å². The van der Waals surface area contributed by atoms with E-state index in [4.69, 9.17) is 0 Å². The molecule has 0 aliphatic heterocycles. The summed E-state index contributed by atoms with van der Waals surface area (Å²) in [6, 6.07) is 27.4. The number of nitrogens with zero attached hydrogens (tertiary/aromatic N) is 1. The molecule has 0 atom stereocenters. The van der Waals surface area contributed by atoms with Gasteiger partial charge in [-0.25, -0.2) is 0 Å². The fourth-order valence-electron chi connectivity index (χ4n) is 2.85. The number of hydrogen-bond donors (Lipinski definition) is 0. The highest BCUT2D eigenvalue weighted by atomic mass is 79.9. The molecule has 0 spiro atoms. The largest absolute Gasteiger partial charge is 0.316 e. The smallest absolute Gasteiger partial charge is 0.0535 e. The number of hydrogen-bond acceptors (Lipinski definition) is 0. The molecule has 4 rings (SSSR count). The minimum absolute atomic E-state index is 1.10. The predicted octanol–water partition coefficient (Wildman–Crippen LogP) is 6.06. The molecule has 0 amide bonds. The number of benzene rings is 3. The maximum atomic E-state index is 3.60. The molecule has 0 bridgehead atoms. The average Bonchev–Trinajstić information content (AvgIpc) is 2.95. The number of para-hydroxylation sites is 1. The Morgan fingerprint density at radius 1 is 0.727 bits per heavy atom. The molecule has 0 fully saturated rings. The van der Waals surface area contributed by atoms with Gasteiger partial charge in [0.25, 0.3) is 0 Å². The molecule has 0 N–H and O–H groups in total. The average molecular weight is 348 g/mol. The van der Waals surface area contributed by atoms with Gasteiger partial charge in [-0.3, -0.25) is 0 Å². The second kappa shape index (κ2) is 5.47. The topological polar surface area (TPSA) is 4.93 Å². The fourth-order valence-corrected chi connectivity index (χ4v) is 3.21. The summed E-state index contributed by atoms with van der Waals surface area (Å²) in [5.74, 6) is 0. The maximum absolute atomic E-state index is 3.60. The summed E-state index contributed by atoms with van der Waals surface area (Å²) in [5, 5.41) is 1.25. The van der Waals surface area contributed by atoms with Crippen molar-refractivity contribution in [3.63, 3.8) is 0 Å². The SMILES string of the molecule is Brc1ccc2c(c1)c(-c1ccccc1)cn2-c1ccccc1. The van der Waals surface area contributed by atoms with Gasteiger partial charge >= 0.3 is 0 Å². The van der Waals surface area contributed by atoms with Gasteiger partial charge in [-0.15, -0.1) is 0 Å². The lowest BCUT2D eigenvalue weighted by molar-refractivity contribution is 1.13. The lowest BCUT2D eigenvalue weighted by atomic mass is 10.1. The quantitative estimate of drug-likeness (QED) is 0.415. The first-order valence-corrected chi connectivity index (χ1v) is 8.04. The molecule has 0 aliphatic rings. The van der Waals surface area contributed by atoms with Crippen molar-refractivity contribution < 1.29 is 0 Å². The zero-order valence-electron chi connectivity index (χ0n) is 11.9. The van der Waals surface area contributed by atoms with Crippen LogP contribution in [0.5, 0.6) is 0 Å². The molecule has 22 heavy (non-hydrogen) atoms. The van der Waals surface area contributed by atoms with Gasteiger partial charge < -0.3 is 4.57 Å². The third kappa shape index (κ3) is 2.26. The zero-order valence-corrected chi connectivity index (χ0v) is 13.5. The number of fused-ring (bicyclic) bond motifs is 1. The van der Waals surface area contributed by atoms with Gasteiger partial charge in [-0.1, -0.05) is 64.5 Å². The van der Waals surface area contributed by atoms with Crippen LogP contribution < -0.4 is 0 Å². The molecule has 106 valence electrons. The Hall–Kier alpha value is -2.32. The summed E-state index contributed by atoms with van der Waals surface area (Å²) in [7, 11) is 0. The van der Waals surface area contributed by atoms with Crippen LogP contribution in [0.25, 0.3) is 27.7 Å². The van der Waals surface area contributed by atoms with Gasteiger partial charge in [-0.2, -0.15) is 0 Å². The number of halogens is 1. The summed E-state index contributed by atoms with van der Waals surface area (Å²) in [6.07, 6.45) is 2.22. The van der Waals surface area contributed by atoms with Crippen molar-refractivity contribution in [2.45, 2.75) is 0 Å². The first kappa shape index (κ1) is 13.4. The van der Waals surface area contributed by atoms with E-state index in [0.717, 1.165) is 4.47 Å². The molecule has 1 nitrogen and oxygen atoms in total. The van der Waals surface area contributed by atoms with Crippen molar-refractivity contribution in [3.8, 4) is 16.8 Å². The molecule has 0 saturated carbocycles. The summed E-state index contributed by atoms with van der Waals surface area (Å²) < 4.78 is 3.35. The van der Waals surface area contributed by atoms with Gasteiger partial charge in [-0.05, 0) is 35.9 Å². The highest BCUT2D eigenvalue weighted by molar-refractivity contribution is 9.10. The highest BCUT2D eigenvalue weighted by Gasteiger charge is 2.11. The molecule has 1 aromatic heterocycles. The minimum atomic E-state index is 1.10. The van der Waals surface area contributed by atoms with E-state index in [1.54, 1.807) is 0 Å². The van der Waals surface area contributed by atoms with Crippen LogP contribution in [0.4, 0.5) is 0 Å². The van der Waals surface area contributed by atoms with Crippen molar-refractivity contribution in [2.24, 2.45) is 0 Å². The molecule has 0 saturated heterocycles. The van der Waals surface area contributed by atoms with Crippen LogP contribution in [0, 0.1) is 0 Å². The van der Waals surface area contributed by atoms with Gasteiger partial charge in [0.05, 0.1) is 5.52 Å². The zero-order chi connectivity index (χ0) is 14.9. The van der Waals surface area contributed by atoms with Crippen molar-refractivity contribution in [1.82, 2.24) is 4.57 Å². The van der Waals surface area contributed by atoms with Gasteiger partial charge in [0.1, 0.15) is 0 Å². The lowest BCUT2D eigenvalue weighted by Gasteiger charge is -2.04. The van der Waals surface area contributed by atoms with E-state index in [1.165, 1.54) is 27.7 Å². The van der Waals surface area contributed by atoms with Gasteiger partial charge in [0.15, 0.2) is 0 Å². The molecule has 1 heterocycles. The van der Waals surface area contributed by atoms with Gasteiger partial charge in [0, 0.05) is 27.3 Å². The van der Waals surface area contributed by atoms with Crippen LogP contribution in [-0.2, 0) is 0 Å². The summed E-state index contributed by atoms with van der Waals surface area (Å²) in [5.41, 5.74) is 4.88. The van der Waals surface area contributed by atoms with Crippen LogP contribution in [0.2, 0.25) is 0 Å². The van der Waals surface area contributed by atoms with Gasteiger partial charge in [0.2, 0.25) is 0 Å². The molecule has 2 heteroatoms. The lowest BCUT2D eigenvalue weighted by Crippen LogP contribution is -1.90. The Morgan fingerprint density at radius 2 is 1.41 bits per heavy atom. The van der Waals surface area contributed by atoms with E-state index in [0.29, 0.717) is 0 Å². The van der Waals surface area contributed by atoms with E-state index in [2.05, 4.69) is 99.5 Å². The Labute approximate surface area is 138 Å². The normalized spacial score (nSPS) is 11.0. The molecule has 0 aliphatic carbocycles. The molecule has 4 aromatic rings. The van der Waals surface area contributed by atoms with Crippen LogP contribution in [0.15, 0.2) is 89.5 Å². The Balaban J connectivity index is 2.04. The summed E-state index contributed by atoms with van der Waals surface area (Å²) in [6.45, 7) is 0. The van der Waals surface area contributed by atoms with E-state index in [1.807, 2.05) is 6.07 Å². The number of rotatable bonds is 2. The van der Waals surface area contributed by atoms with Crippen LogP contribution in [-0.4, -0.2) is 4.57 Å². The molecule has 0 radical (unpaired) electrons. The van der Waals surface area contributed by atoms with E-state index >= 15 is 0 Å². The molecular weight excluding hydrogens is 334 g/mol. The van der Waals surface area contributed by atoms with Crippen molar-refractivity contribution in [2.75, 3.05) is 0 Å². The first-order valence-electron chi connectivity index (χ1n) is 7.24. The monoisotopic (exact) mass is 347 g/mol. The van der Waals surface area contributed by atoms with Crippen LogP contribution in [0.3, 0.4) is 0 Å². The van der Waals surface area contributed by atoms with Crippen molar-refractivity contribution in [3.05, 3.63) is 89.5 Å². The van der Waals surface area contributed by atoms with Crippen LogP contribution >= 0.6 is 15.9 Å². The van der Waals surface area contributed by atoms with E-state index in [-0.39, 0.29) is 0 Å². The van der Waals surface area contributed by atoms with Crippen LogP contribution in [0.1, 0.15) is 0 Å². The molecule has 0 unspecified atom stereocenters. The standard InChI is InChI=1S/C20H14BrN/c21-16-11-12-20-18(13-16)19(15-7-3-1-4-8-15)14-22(20)17-9-5-2-6-10-17/h1-14H. The number of aromatic nitrogens is 1. The highest BCUT2D eigenvalue weighted by Crippen LogP contribution is 2.34. The second-order valence-electron chi connectivity index (χ2n) is 5.28. The van der Waals surface area contributed by atoms with Crippen molar-refractivity contribution >= 4 is 26.8 Å². The summed E-state index contributed by atoms with van der Waals surface area (Å²) in [4.78, 5) is 0. The fraction of sp³-hybridized carbons (Fsp3) is 0. The maximum Gasteiger partial charge on any atom is 0.0535 e. The predicted molar refractivity (Wildman–Crippen MR) is 96.4 cm³/mol. The molecular formula is C20H14BrN. The molecule has 3 aromatic carbocycles.